The topological polar surface area (TPSA) is 84.9 Å². The number of nitrogens with one attached hydrogen (secondary N) is 1. The van der Waals surface area contributed by atoms with E-state index in [1.165, 1.54) is 40.9 Å². The van der Waals surface area contributed by atoms with E-state index < -0.39 is 10.0 Å². The van der Waals surface area contributed by atoms with Crippen LogP contribution in [0.15, 0.2) is 53.4 Å². The van der Waals surface area contributed by atoms with Crippen LogP contribution in [0.1, 0.15) is 5.56 Å². The molecule has 1 N–H and O–H groups in total. The van der Waals surface area contributed by atoms with Crippen molar-refractivity contribution in [2.45, 2.75) is 11.3 Å². The predicted octanol–water partition coefficient (Wildman–Crippen LogP) is 2.63. The Morgan fingerprint density at radius 3 is 2.60 bits per heavy atom. The smallest absolute Gasteiger partial charge is 0.243 e. The van der Waals surface area contributed by atoms with Crippen molar-refractivity contribution in [3.63, 3.8) is 0 Å². The molecule has 1 fully saturated rings. The van der Waals surface area contributed by atoms with E-state index in [1.54, 1.807) is 6.07 Å². The number of morpholine rings is 1. The number of hydrogen-bond donors (Lipinski definition) is 1. The molecule has 162 valence electrons. The third-order valence-electron chi connectivity index (χ3n) is 4.66. The second kappa shape index (κ2) is 10.8. The van der Waals surface area contributed by atoms with Crippen LogP contribution in [-0.2, 0) is 26.0 Å². The van der Waals surface area contributed by atoms with Gasteiger partial charge < -0.3 is 14.8 Å². The third kappa shape index (κ3) is 5.98. The summed E-state index contributed by atoms with van der Waals surface area (Å²) in [5.74, 6) is 1.31. The molecule has 0 saturated carbocycles. The number of nitrogens with zero attached hydrogens (tertiary/aromatic N) is 1. The fourth-order valence-electron chi connectivity index (χ4n) is 3.07. The maximum atomic E-state index is 12.9. The fraction of sp³-hybridized carbons (Fsp3) is 0.381. The van der Waals surface area contributed by atoms with E-state index in [-0.39, 0.29) is 16.6 Å². The van der Waals surface area contributed by atoms with Crippen molar-refractivity contribution in [2.75, 3.05) is 50.2 Å². The van der Waals surface area contributed by atoms with Gasteiger partial charge in [0.2, 0.25) is 15.9 Å². The molecule has 0 radical (unpaired) electrons. The number of amides is 1. The Bertz CT molecular complexity index is 945. The van der Waals surface area contributed by atoms with E-state index in [2.05, 4.69) is 17.4 Å². The van der Waals surface area contributed by atoms with E-state index in [1.807, 2.05) is 18.2 Å². The number of rotatable bonds is 9. The third-order valence-corrected chi connectivity index (χ3v) is 7.52. The number of thioether (sulfide) groups is 1. The van der Waals surface area contributed by atoms with E-state index in [0.29, 0.717) is 37.7 Å². The van der Waals surface area contributed by atoms with Crippen LogP contribution in [0.5, 0.6) is 5.75 Å². The molecule has 0 aromatic heterocycles. The van der Waals surface area contributed by atoms with E-state index >= 15 is 0 Å². The molecule has 2 aromatic carbocycles. The Morgan fingerprint density at radius 2 is 1.90 bits per heavy atom. The Morgan fingerprint density at radius 1 is 1.17 bits per heavy atom. The first kappa shape index (κ1) is 22.6. The zero-order valence-electron chi connectivity index (χ0n) is 16.9. The van der Waals surface area contributed by atoms with Crippen LogP contribution in [0.3, 0.4) is 0 Å². The van der Waals surface area contributed by atoms with Gasteiger partial charge in [0.1, 0.15) is 5.75 Å². The molecule has 0 atom stereocenters. The lowest BCUT2D eigenvalue weighted by molar-refractivity contribution is -0.113. The maximum absolute atomic E-state index is 12.9. The highest BCUT2D eigenvalue weighted by Crippen LogP contribution is 2.29. The largest absolute Gasteiger partial charge is 0.495 e. The highest BCUT2D eigenvalue weighted by molar-refractivity contribution is 7.99. The Hall–Kier alpha value is -2.07. The van der Waals surface area contributed by atoms with Gasteiger partial charge in [0.15, 0.2) is 0 Å². The summed E-state index contributed by atoms with van der Waals surface area (Å²) in [5, 5.41) is 2.78. The number of hydrogen-bond acceptors (Lipinski definition) is 6. The molecule has 0 aliphatic carbocycles. The number of anilines is 1. The van der Waals surface area contributed by atoms with Gasteiger partial charge in [-0.15, -0.1) is 0 Å². The minimum Gasteiger partial charge on any atom is -0.495 e. The molecular weight excluding hydrogens is 424 g/mol. The quantitative estimate of drug-likeness (QED) is 0.591. The zero-order chi connectivity index (χ0) is 21.4. The van der Waals surface area contributed by atoms with Gasteiger partial charge in [0, 0.05) is 13.1 Å². The zero-order valence-corrected chi connectivity index (χ0v) is 18.5. The Balaban J connectivity index is 1.61. The summed E-state index contributed by atoms with van der Waals surface area (Å²) in [6, 6.07) is 14.6. The molecule has 1 aliphatic heterocycles. The molecule has 7 nitrogen and oxygen atoms in total. The van der Waals surface area contributed by atoms with Crippen LogP contribution in [0.4, 0.5) is 5.69 Å². The van der Waals surface area contributed by atoms with Gasteiger partial charge in [0.25, 0.3) is 0 Å². The van der Waals surface area contributed by atoms with Gasteiger partial charge >= 0.3 is 0 Å². The molecule has 1 heterocycles. The second-order valence-corrected chi connectivity index (χ2v) is 9.76. The van der Waals surface area contributed by atoms with Crippen molar-refractivity contribution in [3.05, 3.63) is 54.1 Å². The van der Waals surface area contributed by atoms with Crippen LogP contribution in [0, 0.1) is 0 Å². The molecule has 0 bridgehead atoms. The summed E-state index contributed by atoms with van der Waals surface area (Å²) in [4.78, 5) is 12.5. The number of methoxy groups -OCH3 is 1. The molecule has 9 heteroatoms. The molecule has 1 aliphatic rings. The average Bonchev–Trinajstić information content (AvgIpc) is 2.78. The number of ether oxygens (including phenoxy) is 2. The van der Waals surface area contributed by atoms with Crippen LogP contribution in [0.2, 0.25) is 0 Å². The average molecular weight is 451 g/mol. The first-order valence-corrected chi connectivity index (χ1v) is 12.3. The molecule has 3 rings (SSSR count). The van der Waals surface area contributed by atoms with Gasteiger partial charge in [-0.1, -0.05) is 30.3 Å². The molecule has 1 saturated heterocycles. The summed E-state index contributed by atoms with van der Waals surface area (Å²) >= 11 is 1.53. The number of carbonyl (C=O) groups is 1. The van der Waals surface area contributed by atoms with Crippen molar-refractivity contribution in [2.24, 2.45) is 0 Å². The minimum atomic E-state index is -3.66. The van der Waals surface area contributed by atoms with Crippen molar-refractivity contribution in [1.82, 2.24) is 4.31 Å². The van der Waals surface area contributed by atoms with Gasteiger partial charge in [-0.2, -0.15) is 16.1 Å². The standard InChI is InChI=1S/C21H26N2O5S2/c1-27-20-8-7-18(30(25,26)23-10-12-28-13-11-23)15-19(20)22-21(24)16-29-14-9-17-5-3-2-4-6-17/h2-8,15H,9-14,16H2,1H3,(H,22,24). The number of aryl methyl sites for hydroxylation is 1. The molecule has 1 amide bonds. The van der Waals surface area contributed by atoms with Crippen molar-refractivity contribution >= 4 is 33.4 Å². The van der Waals surface area contributed by atoms with Gasteiger partial charge in [-0.25, -0.2) is 8.42 Å². The summed E-state index contributed by atoms with van der Waals surface area (Å²) in [7, 11) is -2.17. The summed E-state index contributed by atoms with van der Waals surface area (Å²) in [6.45, 7) is 1.38. The summed E-state index contributed by atoms with van der Waals surface area (Å²) < 4.78 is 37.7. The first-order valence-electron chi connectivity index (χ1n) is 9.68. The Labute approximate surface area is 181 Å². The van der Waals surface area contributed by atoms with Gasteiger partial charge in [-0.05, 0) is 35.9 Å². The van der Waals surface area contributed by atoms with Crippen LogP contribution >= 0.6 is 11.8 Å². The lowest BCUT2D eigenvalue weighted by Crippen LogP contribution is -2.40. The van der Waals surface area contributed by atoms with Crippen LogP contribution in [-0.4, -0.2) is 63.5 Å². The van der Waals surface area contributed by atoms with E-state index in [9.17, 15) is 13.2 Å². The monoisotopic (exact) mass is 450 g/mol. The maximum Gasteiger partial charge on any atom is 0.243 e. The number of sulfonamides is 1. The minimum absolute atomic E-state index is 0.122. The van der Waals surface area contributed by atoms with Crippen molar-refractivity contribution < 1.29 is 22.7 Å². The fourth-order valence-corrected chi connectivity index (χ4v) is 5.28. The molecular formula is C21H26N2O5S2. The lowest BCUT2D eigenvalue weighted by atomic mass is 10.2. The van der Waals surface area contributed by atoms with Crippen LogP contribution < -0.4 is 10.1 Å². The number of benzene rings is 2. The first-order chi connectivity index (χ1) is 14.5. The van der Waals surface area contributed by atoms with Gasteiger partial charge in [-0.3, -0.25) is 4.79 Å². The van der Waals surface area contributed by atoms with Crippen molar-refractivity contribution in [1.29, 1.82) is 0 Å². The Kier molecular flexibility index (Phi) is 8.15. The highest BCUT2D eigenvalue weighted by Gasteiger charge is 2.27. The molecule has 0 unspecified atom stereocenters. The van der Waals surface area contributed by atoms with Crippen molar-refractivity contribution in [3.8, 4) is 5.75 Å². The highest BCUT2D eigenvalue weighted by atomic mass is 32.2. The molecule has 2 aromatic rings. The SMILES string of the molecule is COc1ccc(S(=O)(=O)N2CCOCC2)cc1NC(=O)CSCCc1ccccc1. The summed E-state index contributed by atoms with van der Waals surface area (Å²) in [5.41, 5.74) is 1.58. The molecule has 0 spiro atoms. The number of carbonyl (C=O) groups excluding carboxylic acids is 1. The molecule has 30 heavy (non-hydrogen) atoms. The summed E-state index contributed by atoms with van der Waals surface area (Å²) in [6.07, 6.45) is 0.884. The van der Waals surface area contributed by atoms with Gasteiger partial charge in [0.05, 0.1) is 36.7 Å². The van der Waals surface area contributed by atoms with Crippen LogP contribution in [0.25, 0.3) is 0 Å². The normalized spacial score (nSPS) is 15.0. The lowest BCUT2D eigenvalue weighted by Gasteiger charge is -2.26. The van der Waals surface area contributed by atoms with E-state index in [4.69, 9.17) is 9.47 Å². The van der Waals surface area contributed by atoms with E-state index in [0.717, 1.165) is 12.2 Å². The predicted molar refractivity (Wildman–Crippen MR) is 119 cm³/mol. The second-order valence-electron chi connectivity index (χ2n) is 6.71.